The summed E-state index contributed by atoms with van der Waals surface area (Å²) >= 11 is 0. The molecule has 1 aliphatic rings. The number of hydrogen-bond donors (Lipinski definition) is 2. The molecule has 0 radical (unpaired) electrons. The first-order valence-corrected chi connectivity index (χ1v) is 7.41. The summed E-state index contributed by atoms with van der Waals surface area (Å²) in [5.74, 6) is 0.856. The summed E-state index contributed by atoms with van der Waals surface area (Å²) in [5, 5.41) is 13.1. The minimum absolute atomic E-state index is 0.364. The molecule has 1 atom stereocenters. The highest BCUT2D eigenvalue weighted by atomic mass is 16.5. The number of methoxy groups -OCH3 is 1. The van der Waals surface area contributed by atoms with Crippen LogP contribution in [0.2, 0.25) is 0 Å². The second-order valence-corrected chi connectivity index (χ2v) is 5.38. The second-order valence-electron chi connectivity index (χ2n) is 5.38. The van der Waals surface area contributed by atoms with E-state index in [1.54, 1.807) is 7.11 Å². The van der Waals surface area contributed by atoms with Crippen LogP contribution in [-0.2, 0) is 11.3 Å². The van der Waals surface area contributed by atoms with Crippen molar-refractivity contribution in [3.8, 4) is 5.75 Å². The van der Waals surface area contributed by atoms with Gasteiger partial charge in [0.15, 0.2) is 0 Å². The van der Waals surface area contributed by atoms with E-state index < -0.39 is 6.10 Å². The molecular formula is C16H25NO3. The van der Waals surface area contributed by atoms with E-state index in [1.165, 1.54) is 12.8 Å². The van der Waals surface area contributed by atoms with Crippen molar-refractivity contribution in [1.29, 1.82) is 0 Å². The van der Waals surface area contributed by atoms with Crippen molar-refractivity contribution in [3.63, 3.8) is 0 Å². The molecule has 0 saturated heterocycles. The van der Waals surface area contributed by atoms with Crippen LogP contribution in [0.3, 0.4) is 0 Å². The molecule has 1 aromatic rings. The highest BCUT2D eigenvalue weighted by molar-refractivity contribution is 5.28. The lowest BCUT2D eigenvalue weighted by atomic mass is 10.2. The normalized spacial score (nSPS) is 17.3. The molecule has 2 N–H and O–H groups in total. The molecule has 0 heterocycles. The summed E-state index contributed by atoms with van der Waals surface area (Å²) < 4.78 is 10.9. The maximum atomic E-state index is 9.88. The molecule has 2 rings (SSSR count). The number of nitrogens with one attached hydrogen (secondary N) is 1. The Bertz CT molecular complexity index is 391. The van der Waals surface area contributed by atoms with Gasteiger partial charge in [0, 0.05) is 13.1 Å². The Labute approximate surface area is 121 Å². The van der Waals surface area contributed by atoms with Gasteiger partial charge in [0.2, 0.25) is 0 Å². The lowest BCUT2D eigenvalue weighted by molar-refractivity contribution is -0.00549. The molecule has 1 saturated carbocycles. The maximum Gasteiger partial charge on any atom is 0.119 e. The molecule has 1 fully saturated rings. The van der Waals surface area contributed by atoms with Crippen molar-refractivity contribution >= 4 is 0 Å². The van der Waals surface area contributed by atoms with Crippen molar-refractivity contribution < 1.29 is 14.6 Å². The van der Waals surface area contributed by atoms with Crippen molar-refractivity contribution in [2.24, 2.45) is 0 Å². The smallest absolute Gasteiger partial charge is 0.119 e. The molecule has 1 unspecified atom stereocenters. The zero-order chi connectivity index (χ0) is 14.2. The van der Waals surface area contributed by atoms with Crippen LogP contribution in [0.15, 0.2) is 24.3 Å². The molecule has 4 heteroatoms. The lowest BCUT2D eigenvalue weighted by Crippen LogP contribution is -2.31. The van der Waals surface area contributed by atoms with Gasteiger partial charge in [-0.15, -0.1) is 0 Å². The van der Waals surface area contributed by atoms with E-state index in [-0.39, 0.29) is 0 Å². The minimum Gasteiger partial charge on any atom is -0.497 e. The van der Waals surface area contributed by atoms with Gasteiger partial charge in [-0.05, 0) is 30.5 Å². The lowest BCUT2D eigenvalue weighted by Gasteiger charge is -2.16. The molecule has 0 aromatic heterocycles. The number of ether oxygens (including phenoxy) is 2. The molecule has 0 spiro atoms. The molecule has 0 bridgehead atoms. The number of aliphatic hydroxyl groups is 1. The highest BCUT2D eigenvalue weighted by Crippen LogP contribution is 2.20. The summed E-state index contributed by atoms with van der Waals surface area (Å²) in [7, 11) is 1.66. The minimum atomic E-state index is -0.443. The number of hydrogen-bond acceptors (Lipinski definition) is 4. The third kappa shape index (κ3) is 5.12. The van der Waals surface area contributed by atoms with E-state index in [2.05, 4.69) is 5.32 Å². The number of benzene rings is 1. The van der Waals surface area contributed by atoms with Gasteiger partial charge >= 0.3 is 0 Å². The SMILES string of the molecule is COc1cccc(CNCC(O)COC2CCCC2)c1. The van der Waals surface area contributed by atoms with Crippen LogP contribution in [-0.4, -0.2) is 37.6 Å². The summed E-state index contributed by atoms with van der Waals surface area (Å²) in [6.45, 7) is 1.69. The van der Waals surface area contributed by atoms with E-state index in [9.17, 15) is 5.11 Å². The van der Waals surface area contributed by atoms with Crippen LogP contribution < -0.4 is 10.1 Å². The van der Waals surface area contributed by atoms with Gasteiger partial charge in [-0.1, -0.05) is 25.0 Å². The van der Waals surface area contributed by atoms with Gasteiger partial charge in [0.1, 0.15) is 5.75 Å². The fourth-order valence-electron chi connectivity index (χ4n) is 2.53. The first-order valence-electron chi connectivity index (χ1n) is 7.41. The number of rotatable bonds is 8. The standard InChI is InChI=1S/C16H25NO3/c1-19-16-8-4-5-13(9-16)10-17-11-14(18)12-20-15-6-2-3-7-15/h4-5,8-9,14-15,17-18H,2-3,6-7,10-12H2,1H3. The summed E-state index contributed by atoms with van der Waals surface area (Å²) in [6.07, 6.45) is 4.72. The van der Waals surface area contributed by atoms with E-state index in [4.69, 9.17) is 9.47 Å². The predicted molar refractivity (Wildman–Crippen MR) is 78.9 cm³/mol. The van der Waals surface area contributed by atoms with E-state index in [1.807, 2.05) is 24.3 Å². The topological polar surface area (TPSA) is 50.7 Å². The van der Waals surface area contributed by atoms with Crippen LogP contribution in [0.5, 0.6) is 5.75 Å². The maximum absolute atomic E-state index is 9.88. The van der Waals surface area contributed by atoms with Gasteiger partial charge < -0.3 is 19.9 Å². The third-order valence-corrected chi connectivity index (χ3v) is 3.67. The van der Waals surface area contributed by atoms with Gasteiger partial charge in [-0.3, -0.25) is 0 Å². The molecule has 4 nitrogen and oxygen atoms in total. The van der Waals surface area contributed by atoms with Crippen LogP contribution in [0.25, 0.3) is 0 Å². The molecular weight excluding hydrogens is 254 g/mol. The average Bonchev–Trinajstić information content (AvgIpc) is 2.99. The quantitative estimate of drug-likeness (QED) is 0.765. The first-order chi connectivity index (χ1) is 9.78. The van der Waals surface area contributed by atoms with Crippen LogP contribution >= 0.6 is 0 Å². The van der Waals surface area contributed by atoms with Crippen LogP contribution in [0, 0.1) is 0 Å². The monoisotopic (exact) mass is 279 g/mol. The second kappa shape index (κ2) is 8.25. The number of aliphatic hydroxyl groups excluding tert-OH is 1. The van der Waals surface area contributed by atoms with Gasteiger partial charge in [-0.2, -0.15) is 0 Å². The third-order valence-electron chi connectivity index (χ3n) is 3.67. The van der Waals surface area contributed by atoms with Crippen LogP contribution in [0.1, 0.15) is 31.2 Å². The predicted octanol–water partition coefficient (Wildman–Crippen LogP) is 2.10. The first kappa shape index (κ1) is 15.3. The van der Waals surface area contributed by atoms with E-state index >= 15 is 0 Å². The molecule has 1 aliphatic carbocycles. The zero-order valence-corrected chi connectivity index (χ0v) is 12.2. The van der Waals surface area contributed by atoms with Gasteiger partial charge in [0.25, 0.3) is 0 Å². The molecule has 20 heavy (non-hydrogen) atoms. The van der Waals surface area contributed by atoms with Crippen molar-refractivity contribution in [3.05, 3.63) is 29.8 Å². The Morgan fingerprint density at radius 2 is 2.15 bits per heavy atom. The summed E-state index contributed by atoms with van der Waals surface area (Å²) in [6, 6.07) is 7.93. The van der Waals surface area contributed by atoms with Crippen molar-refractivity contribution in [2.45, 2.75) is 44.4 Å². The molecule has 1 aromatic carbocycles. The van der Waals surface area contributed by atoms with Crippen molar-refractivity contribution in [1.82, 2.24) is 5.32 Å². The largest absolute Gasteiger partial charge is 0.497 e. The average molecular weight is 279 g/mol. The summed E-state index contributed by atoms with van der Waals surface area (Å²) in [4.78, 5) is 0. The summed E-state index contributed by atoms with van der Waals surface area (Å²) in [5.41, 5.74) is 1.15. The molecule has 112 valence electrons. The Morgan fingerprint density at radius 3 is 2.90 bits per heavy atom. The van der Waals surface area contributed by atoms with E-state index in [0.29, 0.717) is 19.3 Å². The van der Waals surface area contributed by atoms with Gasteiger partial charge in [0.05, 0.1) is 25.9 Å². The zero-order valence-electron chi connectivity index (χ0n) is 12.2. The fourth-order valence-corrected chi connectivity index (χ4v) is 2.53. The van der Waals surface area contributed by atoms with Gasteiger partial charge in [-0.25, -0.2) is 0 Å². The molecule has 0 amide bonds. The highest BCUT2D eigenvalue weighted by Gasteiger charge is 2.16. The van der Waals surface area contributed by atoms with E-state index in [0.717, 1.165) is 30.7 Å². The van der Waals surface area contributed by atoms with Crippen molar-refractivity contribution in [2.75, 3.05) is 20.3 Å². The Kier molecular flexibility index (Phi) is 6.30. The fraction of sp³-hybridized carbons (Fsp3) is 0.625. The Morgan fingerprint density at radius 1 is 1.35 bits per heavy atom. The van der Waals surface area contributed by atoms with Crippen LogP contribution in [0.4, 0.5) is 0 Å². The molecule has 0 aliphatic heterocycles. The Balaban J connectivity index is 1.61. The Hall–Kier alpha value is -1.10.